The lowest BCUT2D eigenvalue weighted by Crippen LogP contribution is -2.46. The van der Waals surface area contributed by atoms with Gasteiger partial charge in [0.1, 0.15) is 0 Å². The summed E-state index contributed by atoms with van der Waals surface area (Å²) in [7, 11) is 0. The summed E-state index contributed by atoms with van der Waals surface area (Å²) in [5.74, 6) is 0.269. The van der Waals surface area contributed by atoms with Crippen molar-refractivity contribution in [2.45, 2.75) is 25.8 Å². The molecule has 1 amide bonds. The third-order valence-corrected chi connectivity index (χ3v) is 2.15. The molecule has 0 saturated carbocycles. The van der Waals surface area contributed by atoms with Gasteiger partial charge in [-0.15, -0.1) is 0 Å². The molecular weight excluding hydrogens is 166 g/mol. The smallest absolute Gasteiger partial charge is 0.224 e. The lowest BCUT2D eigenvalue weighted by atomic mass is 10.1. The Morgan fingerprint density at radius 3 is 2.85 bits per heavy atom. The molecule has 4 N–H and O–H groups in total. The molecule has 1 saturated heterocycles. The number of hydrogen-bond donors (Lipinski definition) is 3. The Morgan fingerprint density at radius 1 is 1.69 bits per heavy atom. The Morgan fingerprint density at radius 2 is 2.38 bits per heavy atom. The SMILES string of the molecule is CC(C)(N)CNC(=O)C1CCNC1. The van der Waals surface area contributed by atoms with Crippen LogP contribution in [-0.2, 0) is 4.79 Å². The fourth-order valence-electron chi connectivity index (χ4n) is 1.34. The van der Waals surface area contributed by atoms with E-state index >= 15 is 0 Å². The summed E-state index contributed by atoms with van der Waals surface area (Å²) in [4.78, 5) is 11.5. The monoisotopic (exact) mass is 185 g/mol. The van der Waals surface area contributed by atoms with Crippen molar-refractivity contribution < 1.29 is 4.79 Å². The predicted octanol–water partition coefficient (Wildman–Crippen LogP) is -0.551. The Bertz CT molecular complexity index is 180. The van der Waals surface area contributed by atoms with Crippen LogP contribution in [0.4, 0.5) is 0 Å². The quantitative estimate of drug-likeness (QED) is 0.552. The highest BCUT2D eigenvalue weighted by Gasteiger charge is 2.23. The summed E-state index contributed by atoms with van der Waals surface area (Å²) in [6, 6.07) is 0. The van der Waals surface area contributed by atoms with Crippen molar-refractivity contribution in [2.75, 3.05) is 19.6 Å². The van der Waals surface area contributed by atoms with Crippen molar-refractivity contribution in [3.8, 4) is 0 Å². The van der Waals surface area contributed by atoms with Gasteiger partial charge in [-0.25, -0.2) is 0 Å². The molecule has 13 heavy (non-hydrogen) atoms. The summed E-state index contributed by atoms with van der Waals surface area (Å²) in [6.45, 7) is 6.10. The number of rotatable bonds is 3. The number of nitrogens with one attached hydrogen (secondary N) is 2. The first-order valence-corrected chi connectivity index (χ1v) is 4.76. The minimum atomic E-state index is -0.318. The third kappa shape index (κ3) is 3.74. The Labute approximate surface area is 79.3 Å². The lowest BCUT2D eigenvalue weighted by molar-refractivity contribution is -0.124. The maximum absolute atomic E-state index is 11.5. The van der Waals surface area contributed by atoms with E-state index in [1.54, 1.807) is 0 Å². The zero-order chi connectivity index (χ0) is 9.90. The van der Waals surface area contributed by atoms with E-state index in [1.165, 1.54) is 0 Å². The maximum Gasteiger partial charge on any atom is 0.224 e. The first-order valence-electron chi connectivity index (χ1n) is 4.76. The van der Waals surface area contributed by atoms with Crippen LogP contribution in [0.25, 0.3) is 0 Å². The minimum absolute atomic E-state index is 0.128. The molecule has 1 rings (SSSR count). The summed E-state index contributed by atoms with van der Waals surface area (Å²) in [5, 5.41) is 6.02. The van der Waals surface area contributed by atoms with Crippen LogP contribution >= 0.6 is 0 Å². The molecular formula is C9H19N3O. The van der Waals surface area contributed by atoms with Crippen LogP contribution in [-0.4, -0.2) is 31.1 Å². The van der Waals surface area contributed by atoms with E-state index in [4.69, 9.17) is 5.73 Å². The summed E-state index contributed by atoms with van der Waals surface area (Å²) in [5.41, 5.74) is 5.43. The molecule has 76 valence electrons. The topological polar surface area (TPSA) is 67.1 Å². The van der Waals surface area contributed by atoms with Crippen molar-refractivity contribution in [2.24, 2.45) is 11.7 Å². The molecule has 1 fully saturated rings. The molecule has 1 aliphatic rings. The van der Waals surface area contributed by atoms with E-state index in [0.29, 0.717) is 6.54 Å². The highest BCUT2D eigenvalue weighted by atomic mass is 16.1. The maximum atomic E-state index is 11.5. The average Bonchev–Trinajstić information content (AvgIpc) is 2.50. The van der Waals surface area contributed by atoms with Crippen molar-refractivity contribution in [1.82, 2.24) is 10.6 Å². The van der Waals surface area contributed by atoms with Crippen LogP contribution in [0.5, 0.6) is 0 Å². The fourth-order valence-corrected chi connectivity index (χ4v) is 1.34. The second-order valence-corrected chi connectivity index (χ2v) is 4.40. The van der Waals surface area contributed by atoms with Crippen LogP contribution in [0.1, 0.15) is 20.3 Å². The summed E-state index contributed by atoms with van der Waals surface area (Å²) < 4.78 is 0. The van der Waals surface area contributed by atoms with Gasteiger partial charge >= 0.3 is 0 Å². The highest BCUT2D eigenvalue weighted by Crippen LogP contribution is 2.07. The van der Waals surface area contributed by atoms with Gasteiger partial charge in [0.25, 0.3) is 0 Å². The molecule has 1 heterocycles. The number of carbonyl (C=O) groups excluding carboxylic acids is 1. The normalized spacial score (nSPS) is 23.2. The predicted molar refractivity (Wildman–Crippen MR) is 52.3 cm³/mol. The van der Waals surface area contributed by atoms with Crippen molar-refractivity contribution in [3.05, 3.63) is 0 Å². The average molecular weight is 185 g/mol. The van der Waals surface area contributed by atoms with Gasteiger partial charge in [0.05, 0.1) is 5.92 Å². The minimum Gasteiger partial charge on any atom is -0.354 e. The zero-order valence-electron chi connectivity index (χ0n) is 8.39. The number of carbonyl (C=O) groups is 1. The molecule has 4 heteroatoms. The molecule has 4 nitrogen and oxygen atoms in total. The van der Waals surface area contributed by atoms with Crippen molar-refractivity contribution >= 4 is 5.91 Å². The number of nitrogens with two attached hydrogens (primary N) is 1. The first kappa shape index (κ1) is 10.5. The van der Waals surface area contributed by atoms with Crippen LogP contribution in [0, 0.1) is 5.92 Å². The van der Waals surface area contributed by atoms with Gasteiger partial charge in [-0.05, 0) is 26.8 Å². The Kier molecular flexibility index (Phi) is 3.27. The Hall–Kier alpha value is -0.610. The molecule has 0 aromatic carbocycles. The molecule has 0 aliphatic carbocycles. The van der Waals surface area contributed by atoms with Crippen LogP contribution in [0.3, 0.4) is 0 Å². The molecule has 1 unspecified atom stereocenters. The number of amides is 1. The zero-order valence-corrected chi connectivity index (χ0v) is 8.39. The molecule has 1 atom stereocenters. The van der Waals surface area contributed by atoms with E-state index in [2.05, 4.69) is 10.6 Å². The highest BCUT2D eigenvalue weighted by molar-refractivity contribution is 5.79. The van der Waals surface area contributed by atoms with Gasteiger partial charge in [0, 0.05) is 18.6 Å². The molecule has 0 aromatic heterocycles. The van der Waals surface area contributed by atoms with Gasteiger partial charge < -0.3 is 16.4 Å². The molecule has 0 bridgehead atoms. The van der Waals surface area contributed by atoms with Gasteiger partial charge in [-0.1, -0.05) is 0 Å². The van der Waals surface area contributed by atoms with Crippen LogP contribution in [0.15, 0.2) is 0 Å². The summed E-state index contributed by atoms with van der Waals surface area (Å²) in [6.07, 6.45) is 0.941. The second kappa shape index (κ2) is 4.07. The standard InChI is InChI=1S/C9H19N3O/c1-9(2,10)6-12-8(13)7-3-4-11-5-7/h7,11H,3-6,10H2,1-2H3,(H,12,13). The van der Waals surface area contributed by atoms with Crippen LogP contribution < -0.4 is 16.4 Å². The molecule has 0 radical (unpaired) electrons. The lowest BCUT2D eigenvalue weighted by Gasteiger charge is -2.20. The first-order chi connectivity index (χ1) is 5.99. The van der Waals surface area contributed by atoms with E-state index in [1.807, 2.05) is 13.8 Å². The summed E-state index contributed by atoms with van der Waals surface area (Å²) >= 11 is 0. The van der Waals surface area contributed by atoms with Crippen LogP contribution in [0.2, 0.25) is 0 Å². The van der Waals surface area contributed by atoms with Gasteiger partial charge in [-0.3, -0.25) is 4.79 Å². The third-order valence-electron chi connectivity index (χ3n) is 2.15. The molecule has 0 spiro atoms. The molecule has 0 aromatic rings. The molecule has 1 aliphatic heterocycles. The van der Waals surface area contributed by atoms with Gasteiger partial charge in [0.15, 0.2) is 0 Å². The number of hydrogen-bond acceptors (Lipinski definition) is 3. The van der Waals surface area contributed by atoms with E-state index < -0.39 is 0 Å². The fraction of sp³-hybridized carbons (Fsp3) is 0.889. The van der Waals surface area contributed by atoms with Crippen molar-refractivity contribution in [1.29, 1.82) is 0 Å². The van der Waals surface area contributed by atoms with Crippen molar-refractivity contribution in [3.63, 3.8) is 0 Å². The van der Waals surface area contributed by atoms with E-state index in [9.17, 15) is 4.79 Å². The van der Waals surface area contributed by atoms with Gasteiger partial charge in [-0.2, -0.15) is 0 Å². The van der Waals surface area contributed by atoms with E-state index in [0.717, 1.165) is 19.5 Å². The second-order valence-electron chi connectivity index (χ2n) is 4.40. The Balaban J connectivity index is 2.25. The largest absolute Gasteiger partial charge is 0.354 e. The van der Waals surface area contributed by atoms with E-state index in [-0.39, 0.29) is 17.4 Å². The van der Waals surface area contributed by atoms with Gasteiger partial charge in [0.2, 0.25) is 5.91 Å².